The molecule has 0 amide bonds. The van der Waals surface area contributed by atoms with Crippen LogP contribution in [-0.4, -0.2) is 32.6 Å². The summed E-state index contributed by atoms with van der Waals surface area (Å²) in [5, 5.41) is 11.1. The number of alkyl halides is 3. The lowest BCUT2D eigenvalue weighted by atomic mass is 10.1. The third-order valence-corrected chi connectivity index (χ3v) is 4.64. The molecule has 0 saturated carbocycles. The lowest BCUT2D eigenvalue weighted by Crippen LogP contribution is -2.23. The molecule has 1 aromatic heterocycles. The van der Waals surface area contributed by atoms with Crippen molar-refractivity contribution in [3.8, 4) is 11.4 Å². The molecule has 0 spiro atoms. The molecule has 0 bridgehead atoms. The SMILES string of the molecule is CO/N=C(/C)c1ccc(OCc2c(C)cccc2-n2nnn(C)c2=O)c(C(F)(F)F)c1. The topological polar surface area (TPSA) is 83.5 Å². The van der Waals surface area contributed by atoms with Gasteiger partial charge in [0.15, 0.2) is 0 Å². The highest BCUT2D eigenvalue weighted by molar-refractivity contribution is 5.98. The fourth-order valence-corrected chi connectivity index (χ4v) is 2.98. The van der Waals surface area contributed by atoms with E-state index >= 15 is 0 Å². The molecular weight excluding hydrogens is 415 g/mol. The molecule has 0 N–H and O–H groups in total. The van der Waals surface area contributed by atoms with E-state index in [9.17, 15) is 18.0 Å². The van der Waals surface area contributed by atoms with Gasteiger partial charge in [-0.2, -0.15) is 22.5 Å². The van der Waals surface area contributed by atoms with E-state index < -0.39 is 17.4 Å². The Labute approximate surface area is 175 Å². The monoisotopic (exact) mass is 435 g/mol. The molecule has 0 saturated heterocycles. The number of halogens is 3. The summed E-state index contributed by atoms with van der Waals surface area (Å²) in [5.41, 5.74) is 0.739. The number of ether oxygens (including phenoxy) is 1. The van der Waals surface area contributed by atoms with Crippen molar-refractivity contribution < 1.29 is 22.7 Å². The van der Waals surface area contributed by atoms with Crippen molar-refractivity contribution in [2.75, 3.05) is 7.11 Å². The van der Waals surface area contributed by atoms with Crippen LogP contribution in [0, 0.1) is 6.92 Å². The number of oxime groups is 1. The van der Waals surface area contributed by atoms with Crippen molar-refractivity contribution in [3.05, 3.63) is 69.1 Å². The summed E-state index contributed by atoms with van der Waals surface area (Å²) >= 11 is 0. The quantitative estimate of drug-likeness (QED) is 0.439. The van der Waals surface area contributed by atoms with Crippen molar-refractivity contribution in [3.63, 3.8) is 0 Å². The summed E-state index contributed by atoms with van der Waals surface area (Å²) in [6.45, 7) is 3.10. The van der Waals surface area contributed by atoms with Gasteiger partial charge in [-0.1, -0.05) is 17.3 Å². The first-order valence-electron chi connectivity index (χ1n) is 9.13. The molecule has 8 nitrogen and oxygen atoms in total. The largest absolute Gasteiger partial charge is 0.488 e. The molecule has 0 aliphatic carbocycles. The second-order valence-corrected chi connectivity index (χ2v) is 6.73. The van der Waals surface area contributed by atoms with Gasteiger partial charge in [-0.15, -0.1) is 0 Å². The van der Waals surface area contributed by atoms with Gasteiger partial charge in [0, 0.05) is 12.6 Å². The molecule has 0 atom stereocenters. The van der Waals surface area contributed by atoms with Gasteiger partial charge in [0.05, 0.1) is 17.0 Å². The Morgan fingerprint density at radius 2 is 1.94 bits per heavy atom. The number of tetrazole rings is 1. The fraction of sp³-hybridized carbons (Fsp3) is 0.300. The fourth-order valence-electron chi connectivity index (χ4n) is 2.98. The van der Waals surface area contributed by atoms with Gasteiger partial charge in [0.2, 0.25) is 0 Å². The van der Waals surface area contributed by atoms with Crippen molar-refractivity contribution in [1.29, 1.82) is 0 Å². The molecule has 0 fully saturated rings. The van der Waals surface area contributed by atoms with Crippen LogP contribution in [0.25, 0.3) is 5.69 Å². The third kappa shape index (κ3) is 4.60. The van der Waals surface area contributed by atoms with E-state index in [1.165, 1.54) is 33.2 Å². The predicted molar refractivity (Wildman–Crippen MR) is 106 cm³/mol. The molecule has 0 unspecified atom stereocenters. The van der Waals surface area contributed by atoms with Crippen LogP contribution < -0.4 is 10.4 Å². The van der Waals surface area contributed by atoms with E-state index in [0.717, 1.165) is 21.0 Å². The predicted octanol–water partition coefficient (Wildman–Crippen LogP) is 3.24. The molecule has 1 heterocycles. The van der Waals surface area contributed by atoms with E-state index in [-0.39, 0.29) is 17.9 Å². The summed E-state index contributed by atoms with van der Waals surface area (Å²) in [5.74, 6) is -0.345. The minimum Gasteiger partial charge on any atom is -0.488 e. The van der Waals surface area contributed by atoms with Crippen LogP contribution in [0.5, 0.6) is 5.75 Å². The van der Waals surface area contributed by atoms with Crippen molar-refractivity contribution >= 4 is 5.71 Å². The third-order valence-electron chi connectivity index (χ3n) is 4.64. The van der Waals surface area contributed by atoms with Gasteiger partial charge in [-0.3, -0.25) is 0 Å². The lowest BCUT2D eigenvalue weighted by Gasteiger charge is -2.17. The summed E-state index contributed by atoms with van der Waals surface area (Å²) < 4.78 is 48.7. The Hall–Kier alpha value is -3.63. The Kier molecular flexibility index (Phi) is 6.14. The number of nitrogens with zero attached hydrogens (tertiary/aromatic N) is 5. The smallest absolute Gasteiger partial charge is 0.419 e. The Morgan fingerprint density at radius 3 is 2.55 bits per heavy atom. The molecular formula is C20H20F3N5O3. The Balaban J connectivity index is 1.99. The van der Waals surface area contributed by atoms with Crippen LogP contribution in [0.2, 0.25) is 0 Å². The zero-order valence-electron chi connectivity index (χ0n) is 17.3. The van der Waals surface area contributed by atoms with Crippen LogP contribution in [0.1, 0.15) is 29.2 Å². The van der Waals surface area contributed by atoms with Crippen molar-refractivity contribution in [2.24, 2.45) is 12.2 Å². The van der Waals surface area contributed by atoms with Gasteiger partial charge < -0.3 is 9.57 Å². The Morgan fingerprint density at radius 1 is 1.19 bits per heavy atom. The van der Waals surface area contributed by atoms with E-state index in [1.807, 2.05) is 0 Å². The van der Waals surface area contributed by atoms with Crippen LogP contribution in [0.15, 0.2) is 46.3 Å². The van der Waals surface area contributed by atoms with Crippen molar-refractivity contribution in [1.82, 2.24) is 19.8 Å². The highest BCUT2D eigenvalue weighted by atomic mass is 19.4. The van der Waals surface area contributed by atoms with Crippen LogP contribution >= 0.6 is 0 Å². The summed E-state index contributed by atoms with van der Waals surface area (Å²) in [4.78, 5) is 16.9. The maximum absolute atomic E-state index is 13.7. The standard InChI is InChI=1S/C20H20F3N5O3/c1-12-6-5-7-17(28-19(29)27(3)25-26-28)15(12)11-31-18-9-8-14(13(2)24-30-4)10-16(18)20(21,22)23/h5-10H,11H2,1-4H3/b24-13-. The highest BCUT2D eigenvalue weighted by Gasteiger charge is 2.35. The summed E-state index contributed by atoms with van der Waals surface area (Å²) in [6.07, 6.45) is -4.64. The first-order valence-corrected chi connectivity index (χ1v) is 9.13. The van der Waals surface area contributed by atoms with Gasteiger partial charge >= 0.3 is 11.9 Å². The maximum Gasteiger partial charge on any atom is 0.419 e. The average Bonchev–Trinajstić information content (AvgIpc) is 3.04. The number of hydrogen-bond donors (Lipinski definition) is 0. The number of hydrogen-bond acceptors (Lipinski definition) is 6. The van der Waals surface area contributed by atoms with Crippen LogP contribution in [0.4, 0.5) is 13.2 Å². The van der Waals surface area contributed by atoms with E-state index in [0.29, 0.717) is 17.0 Å². The molecule has 0 aliphatic heterocycles. The second kappa shape index (κ2) is 8.62. The molecule has 31 heavy (non-hydrogen) atoms. The lowest BCUT2D eigenvalue weighted by molar-refractivity contribution is -0.139. The normalized spacial score (nSPS) is 12.2. The number of benzene rings is 2. The number of rotatable bonds is 6. The van der Waals surface area contributed by atoms with E-state index in [4.69, 9.17) is 4.74 Å². The molecule has 2 aromatic carbocycles. The molecule has 3 aromatic rings. The average molecular weight is 435 g/mol. The number of aryl methyl sites for hydroxylation is 2. The molecule has 0 radical (unpaired) electrons. The number of aromatic nitrogens is 4. The minimum atomic E-state index is -4.64. The molecule has 164 valence electrons. The molecule has 3 rings (SSSR count). The first kappa shape index (κ1) is 22.1. The summed E-state index contributed by atoms with van der Waals surface area (Å²) in [7, 11) is 2.76. The highest BCUT2D eigenvalue weighted by Crippen LogP contribution is 2.37. The molecule has 0 aliphatic rings. The van der Waals surface area contributed by atoms with Gasteiger partial charge in [0.25, 0.3) is 0 Å². The Bertz CT molecular complexity index is 1180. The van der Waals surface area contributed by atoms with Gasteiger partial charge in [-0.25, -0.2) is 4.79 Å². The van der Waals surface area contributed by atoms with E-state index in [1.54, 1.807) is 25.1 Å². The minimum absolute atomic E-state index is 0.210. The van der Waals surface area contributed by atoms with Gasteiger partial charge in [0.1, 0.15) is 19.5 Å². The van der Waals surface area contributed by atoms with Gasteiger partial charge in [-0.05, 0) is 59.7 Å². The summed E-state index contributed by atoms with van der Waals surface area (Å²) in [6, 6.07) is 8.76. The van der Waals surface area contributed by atoms with Crippen LogP contribution in [0.3, 0.4) is 0 Å². The maximum atomic E-state index is 13.7. The van der Waals surface area contributed by atoms with Crippen molar-refractivity contribution in [2.45, 2.75) is 26.6 Å². The van der Waals surface area contributed by atoms with E-state index in [2.05, 4.69) is 20.4 Å². The van der Waals surface area contributed by atoms with Crippen LogP contribution in [-0.2, 0) is 24.7 Å². The molecule has 11 heteroatoms. The first-order chi connectivity index (χ1) is 14.6. The zero-order chi connectivity index (χ0) is 22.8. The second-order valence-electron chi connectivity index (χ2n) is 6.73. The zero-order valence-corrected chi connectivity index (χ0v) is 17.3.